The van der Waals surface area contributed by atoms with Gasteiger partial charge in [-0.05, 0) is 0 Å². The fraction of sp³-hybridized carbons (Fsp3) is 0.0909. The van der Waals surface area contributed by atoms with E-state index in [1.807, 2.05) is 6.92 Å². The summed E-state index contributed by atoms with van der Waals surface area (Å²) in [6.07, 6.45) is 1.61. The van der Waals surface area contributed by atoms with Crippen LogP contribution in [0.2, 0.25) is 0 Å². The van der Waals surface area contributed by atoms with Crippen LogP contribution in [0.1, 0.15) is 6.92 Å². The molecule has 0 nitrogen and oxygen atoms in total. The van der Waals surface area contributed by atoms with Crippen molar-refractivity contribution in [3.63, 3.8) is 0 Å². The van der Waals surface area contributed by atoms with Gasteiger partial charge < -0.3 is 0 Å². The molecule has 0 N–H and O–H groups in total. The van der Waals surface area contributed by atoms with Gasteiger partial charge in [0.2, 0.25) is 0 Å². The smallest absolute Gasteiger partial charge is 0 e. The van der Waals surface area contributed by atoms with Crippen LogP contribution in [0.4, 0.5) is 0 Å². The van der Waals surface area contributed by atoms with Crippen molar-refractivity contribution in [3.8, 4) is 0 Å². The first kappa shape index (κ1) is 17.8. The summed E-state index contributed by atoms with van der Waals surface area (Å²) in [5.74, 6) is 0. The molecule has 0 amide bonds. The molecule has 0 aromatic carbocycles. The Labute approximate surface area is 102 Å². The first-order valence-electron chi connectivity index (χ1n) is 3.21. The Balaban J connectivity index is -0.000000126. The molecule has 0 aromatic heterocycles. The summed E-state index contributed by atoms with van der Waals surface area (Å²) < 4.78 is 0. The van der Waals surface area contributed by atoms with Gasteiger partial charge in [-0.1, -0.05) is 6.92 Å². The third-order valence-electron chi connectivity index (χ3n) is 0.892. The molecule has 1 heteroatoms. The van der Waals surface area contributed by atoms with Crippen molar-refractivity contribution in [3.05, 3.63) is 63.0 Å². The second-order valence-electron chi connectivity index (χ2n) is 2.25. The molecule has 1 radical (unpaired) electrons. The Kier molecular flexibility index (Phi) is 16.0. The molecule has 0 fully saturated rings. The van der Waals surface area contributed by atoms with Gasteiger partial charge in [0.05, 0.1) is 0 Å². The van der Waals surface area contributed by atoms with E-state index in [-0.39, 0.29) is 32.7 Å². The molecule has 65 valence electrons. The Morgan fingerprint density at radius 2 is 1.33 bits per heavy atom. The molecule has 0 bridgehead atoms. The molecule has 0 rings (SSSR count). The van der Waals surface area contributed by atoms with Crippen LogP contribution in [0.15, 0.2) is 49.1 Å². The summed E-state index contributed by atoms with van der Waals surface area (Å²) in [4.78, 5) is 0. The van der Waals surface area contributed by atoms with E-state index in [0.717, 1.165) is 16.7 Å². The third kappa shape index (κ3) is 22.6. The van der Waals surface area contributed by atoms with Crippen molar-refractivity contribution in [2.24, 2.45) is 0 Å². The molecule has 0 saturated heterocycles. The SMILES string of the molecule is C=C([CH2-])C(=C)C.C=CC(=C)[CH2-].[Y]. The van der Waals surface area contributed by atoms with E-state index in [1.54, 1.807) is 6.08 Å². The monoisotopic (exact) mass is 237 g/mol. The number of rotatable bonds is 2. The summed E-state index contributed by atoms with van der Waals surface area (Å²) in [6.45, 7) is 22.9. The van der Waals surface area contributed by atoms with Crippen molar-refractivity contribution >= 4 is 0 Å². The fourth-order valence-corrected chi connectivity index (χ4v) is 0. The standard InChI is InChI=1S/C6H9.C5H7.Y/c1-5(2)6(3)4;1-4-5(2)3;/h1-3H2,4H3;4H,1-3H2;/q2*-1;. The van der Waals surface area contributed by atoms with E-state index < -0.39 is 0 Å². The topological polar surface area (TPSA) is 0 Å². The molecular weight excluding hydrogens is 221 g/mol. The van der Waals surface area contributed by atoms with Crippen LogP contribution in [0.5, 0.6) is 0 Å². The van der Waals surface area contributed by atoms with Crippen LogP contribution >= 0.6 is 0 Å². The zero-order valence-corrected chi connectivity index (χ0v) is 10.7. The van der Waals surface area contributed by atoms with Gasteiger partial charge in [0.25, 0.3) is 0 Å². The van der Waals surface area contributed by atoms with Crippen LogP contribution in [0, 0.1) is 13.8 Å². The summed E-state index contributed by atoms with van der Waals surface area (Å²) in [7, 11) is 0. The number of allylic oxidation sites excluding steroid dienone is 4. The molecule has 0 aromatic rings. The number of hydrogen-bond acceptors (Lipinski definition) is 0. The third-order valence-corrected chi connectivity index (χ3v) is 0.892. The molecular formula is C11H16Y-2. The largest absolute Gasteiger partial charge is 0.203 e. The first-order chi connectivity index (χ1) is 4.91. The minimum atomic E-state index is 0. The first-order valence-corrected chi connectivity index (χ1v) is 3.21. The predicted octanol–water partition coefficient (Wildman–Crippen LogP) is 3.51. The summed E-state index contributed by atoms with van der Waals surface area (Å²) in [6, 6.07) is 0. The molecule has 0 spiro atoms. The van der Waals surface area contributed by atoms with Crippen LogP contribution in [-0.4, -0.2) is 0 Å². The molecule has 0 unspecified atom stereocenters. The van der Waals surface area contributed by atoms with Crippen molar-refractivity contribution < 1.29 is 32.7 Å². The second kappa shape index (κ2) is 10.8. The molecule has 0 aliphatic carbocycles. The van der Waals surface area contributed by atoms with Gasteiger partial charge >= 0.3 is 0 Å². The van der Waals surface area contributed by atoms with Crippen molar-refractivity contribution in [2.75, 3.05) is 0 Å². The molecule has 0 saturated carbocycles. The minimum absolute atomic E-state index is 0. The fourth-order valence-electron chi connectivity index (χ4n) is 0. The zero-order valence-electron chi connectivity index (χ0n) is 7.90. The van der Waals surface area contributed by atoms with Gasteiger partial charge in [-0.15, -0.1) is 0 Å². The van der Waals surface area contributed by atoms with Crippen LogP contribution in [-0.2, 0) is 32.7 Å². The normalized spacial score (nSPS) is 6.42. The summed E-state index contributed by atoms with van der Waals surface area (Å²) in [5.41, 5.74) is 2.54. The Morgan fingerprint density at radius 1 is 1.17 bits per heavy atom. The zero-order chi connectivity index (χ0) is 9.44. The maximum absolute atomic E-state index is 3.59. The maximum atomic E-state index is 3.59. The van der Waals surface area contributed by atoms with E-state index in [0.29, 0.717) is 0 Å². The minimum Gasteiger partial charge on any atom is -0.203 e. The average Bonchev–Trinajstić information content (AvgIpc) is 1.89. The molecule has 0 aliphatic rings. The molecule has 0 heterocycles. The van der Waals surface area contributed by atoms with Gasteiger partial charge in [-0.3, -0.25) is 0 Å². The molecule has 0 aliphatic heterocycles. The van der Waals surface area contributed by atoms with Gasteiger partial charge in [0.1, 0.15) is 0 Å². The van der Waals surface area contributed by atoms with Crippen LogP contribution < -0.4 is 0 Å². The van der Waals surface area contributed by atoms with Crippen LogP contribution in [0.3, 0.4) is 0 Å². The van der Waals surface area contributed by atoms with Gasteiger partial charge in [-0.25, -0.2) is 5.57 Å². The molecule has 0 atom stereocenters. The Morgan fingerprint density at radius 3 is 1.33 bits per heavy atom. The van der Waals surface area contributed by atoms with Gasteiger partial charge in [-0.2, -0.15) is 57.4 Å². The van der Waals surface area contributed by atoms with E-state index >= 15 is 0 Å². The van der Waals surface area contributed by atoms with Crippen molar-refractivity contribution in [1.29, 1.82) is 0 Å². The van der Waals surface area contributed by atoms with E-state index in [1.165, 1.54) is 0 Å². The Hall–Kier alpha value is -0.196. The maximum Gasteiger partial charge on any atom is 0 e. The average molecular weight is 237 g/mol. The van der Waals surface area contributed by atoms with Crippen LogP contribution in [0.25, 0.3) is 0 Å². The predicted molar refractivity (Wildman–Crippen MR) is 54.0 cm³/mol. The van der Waals surface area contributed by atoms with Crippen molar-refractivity contribution in [2.45, 2.75) is 6.92 Å². The molecule has 12 heavy (non-hydrogen) atoms. The van der Waals surface area contributed by atoms with Gasteiger partial charge in [0.15, 0.2) is 0 Å². The second-order valence-corrected chi connectivity index (χ2v) is 2.25. The number of hydrogen-bond donors (Lipinski definition) is 0. The quantitative estimate of drug-likeness (QED) is 0.509. The van der Waals surface area contributed by atoms with Crippen molar-refractivity contribution in [1.82, 2.24) is 0 Å². The Bertz CT molecular complexity index is 163. The summed E-state index contributed by atoms with van der Waals surface area (Å²) >= 11 is 0. The van der Waals surface area contributed by atoms with E-state index in [9.17, 15) is 0 Å². The summed E-state index contributed by atoms with van der Waals surface area (Å²) in [5, 5.41) is 0. The van der Waals surface area contributed by atoms with Gasteiger partial charge in [0, 0.05) is 32.7 Å². The van der Waals surface area contributed by atoms with E-state index in [2.05, 4.69) is 40.2 Å². The van der Waals surface area contributed by atoms with E-state index in [4.69, 9.17) is 0 Å².